The van der Waals surface area contributed by atoms with E-state index in [-0.39, 0.29) is 5.91 Å². The molecule has 0 aromatic heterocycles. The summed E-state index contributed by atoms with van der Waals surface area (Å²) < 4.78 is 16.1. The Kier molecular flexibility index (Phi) is 11.0. The highest BCUT2D eigenvalue weighted by Gasteiger charge is 2.21. The highest BCUT2D eigenvalue weighted by molar-refractivity contribution is 5.94. The minimum atomic E-state index is -0.107. The molecule has 0 bridgehead atoms. The number of methoxy groups -OCH3 is 2. The Hall–Kier alpha value is -2.32. The highest BCUT2D eigenvalue weighted by atomic mass is 16.5. The van der Waals surface area contributed by atoms with Crippen LogP contribution in [0.4, 0.5) is 0 Å². The second kappa shape index (κ2) is 13.8. The molecule has 2 N–H and O–H groups in total. The third-order valence-corrected chi connectivity index (χ3v) is 4.93. The van der Waals surface area contributed by atoms with E-state index in [9.17, 15) is 4.79 Å². The van der Waals surface area contributed by atoms with Crippen LogP contribution in [0, 0.1) is 0 Å². The summed E-state index contributed by atoms with van der Waals surface area (Å²) in [5.74, 6) is 1.52. The summed E-state index contributed by atoms with van der Waals surface area (Å²) in [6.07, 6.45) is 3.23. The molecule has 0 saturated carbocycles. The van der Waals surface area contributed by atoms with E-state index in [4.69, 9.17) is 14.2 Å². The first-order valence-corrected chi connectivity index (χ1v) is 10.7. The lowest BCUT2D eigenvalue weighted by Gasteiger charge is -2.34. The monoisotopic (exact) mass is 420 g/mol. The summed E-state index contributed by atoms with van der Waals surface area (Å²) in [6, 6.07) is 7.06. The molecular formula is C22H36N4O4. The first-order chi connectivity index (χ1) is 14.7. The van der Waals surface area contributed by atoms with Crippen LogP contribution in [0.1, 0.15) is 36.5 Å². The molecule has 2 rings (SSSR count). The van der Waals surface area contributed by atoms with Gasteiger partial charge < -0.3 is 29.7 Å². The first-order valence-electron chi connectivity index (χ1n) is 10.7. The van der Waals surface area contributed by atoms with Gasteiger partial charge in [0.15, 0.2) is 5.96 Å². The Morgan fingerprint density at radius 1 is 1.13 bits per heavy atom. The van der Waals surface area contributed by atoms with E-state index in [1.54, 1.807) is 38.5 Å². The van der Waals surface area contributed by atoms with Crippen LogP contribution < -0.4 is 15.4 Å². The smallest absolute Gasteiger partial charge is 0.251 e. The Labute approximate surface area is 180 Å². The molecule has 1 aliphatic heterocycles. The van der Waals surface area contributed by atoms with Crippen LogP contribution in [-0.4, -0.2) is 83.0 Å². The molecule has 1 saturated heterocycles. The average molecular weight is 421 g/mol. The topological polar surface area (TPSA) is 84.4 Å². The van der Waals surface area contributed by atoms with Crippen LogP contribution in [0.3, 0.4) is 0 Å². The number of carbonyl (C=O) groups excluding carboxylic acids is 1. The highest BCUT2D eigenvalue weighted by Crippen LogP contribution is 2.14. The molecule has 1 aromatic carbocycles. The number of piperidine rings is 1. The van der Waals surface area contributed by atoms with Gasteiger partial charge in [-0.2, -0.15) is 0 Å². The van der Waals surface area contributed by atoms with Gasteiger partial charge >= 0.3 is 0 Å². The number of nitrogens with zero attached hydrogens (tertiary/aromatic N) is 2. The molecule has 0 unspecified atom stereocenters. The van der Waals surface area contributed by atoms with Crippen molar-refractivity contribution in [3.8, 4) is 5.75 Å². The molecule has 0 radical (unpaired) electrons. The standard InChI is InChI=1S/C22H36N4O4/c1-4-23-22(26-14-10-20(11-15-26)30-17-5-16-28-2)25-13-12-24-21(27)18-6-8-19(29-3)9-7-18/h6-9,20H,4-5,10-17H2,1-3H3,(H,23,25)(H,24,27). The Bertz CT molecular complexity index is 643. The fraction of sp³-hybridized carbons (Fsp3) is 0.636. The zero-order valence-electron chi connectivity index (χ0n) is 18.5. The van der Waals surface area contributed by atoms with E-state index in [2.05, 4.69) is 27.4 Å². The van der Waals surface area contributed by atoms with E-state index >= 15 is 0 Å². The van der Waals surface area contributed by atoms with Crippen molar-refractivity contribution in [2.75, 3.05) is 60.2 Å². The fourth-order valence-corrected chi connectivity index (χ4v) is 3.29. The molecule has 0 atom stereocenters. The normalized spacial score (nSPS) is 15.2. The Morgan fingerprint density at radius 3 is 2.50 bits per heavy atom. The summed E-state index contributed by atoms with van der Waals surface area (Å²) in [7, 11) is 3.32. The quantitative estimate of drug-likeness (QED) is 0.323. The molecule has 1 amide bonds. The molecule has 1 aliphatic rings. The lowest BCUT2D eigenvalue weighted by atomic mass is 10.1. The molecule has 0 spiro atoms. The van der Waals surface area contributed by atoms with E-state index in [0.717, 1.165) is 63.8 Å². The van der Waals surface area contributed by atoms with Crippen LogP contribution >= 0.6 is 0 Å². The zero-order valence-corrected chi connectivity index (χ0v) is 18.5. The first kappa shape index (κ1) is 24.0. The minimum absolute atomic E-state index is 0.107. The minimum Gasteiger partial charge on any atom is -0.497 e. The predicted octanol–water partition coefficient (Wildman–Crippen LogP) is 1.91. The third kappa shape index (κ3) is 8.20. The summed E-state index contributed by atoms with van der Waals surface area (Å²) in [5.41, 5.74) is 0.610. The van der Waals surface area contributed by atoms with Crippen molar-refractivity contribution >= 4 is 11.9 Å². The van der Waals surface area contributed by atoms with Gasteiger partial charge in [-0.3, -0.25) is 9.79 Å². The number of benzene rings is 1. The molecular weight excluding hydrogens is 384 g/mol. The van der Waals surface area contributed by atoms with Crippen molar-refractivity contribution in [1.29, 1.82) is 0 Å². The maximum atomic E-state index is 12.2. The van der Waals surface area contributed by atoms with Gasteiger partial charge in [-0.05, 0) is 50.5 Å². The van der Waals surface area contributed by atoms with Crippen molar-refractivity contribution in [3.63, 3.8) is 0 Å². The van der Waals surface area contributed by atoms with E-state index in [0.29, 0.717) is 24.8 Å². The van der Waals surface area contributed by atoms with Gasteiger partial charge in [-0.25, -0.2) is 0 Å². The molecule has 8 heteroatoms. The van der Waals surface area contributed by atoms with Gasteiger partial charge in [0.1, 0.15) is 5.75 Å². The van der Waals surface area contributed by atoms with E-state index in [1.807, 2.05) is 0 Å². The molecule has 8 nitrogen and oxygen atoms in total. The second-order valence-electron chi connectivity index (χ2n) is 7.12. The maximum absolute atomic E-state index is 12.2. The molecule has 30 heavy (non-hydrogen) atoms. The van der Waals surface area contributed by atoms with Crippen LogP contribution in [0.25, 0.3) is 0 Å². The number of amides is 1. The molecule has 1 heterocycles. The number of likely N-dealkylation sites (tertiary alicyclic amines) is 1. The number of guanidine groups is 1. The lowest BCUT2D eigenvalue weighted by Crippen LogP contribution is -2.47. The lowest BCUT2D eigenvalue weighted by molar-refractivity contribution is 0.00990. The average Bonchev–Trinajstić information content (AvgIpc) is 2.79. The molecule has 0 aliphatic carbocycles. The van der Waals surface area contributed by atoms with Gasteiger partial charge in [0.2, 0.25) is 0 Å². The summed E-state index contributed by atoms with van der Waals surface area (Å²) >= 11 is 0. The molecule has 168 valence electrons. The van der Waals surface area contributed by atoms with Gasteiger partial charge in [0, 0.05) is 52.1 Å². The number of rotatable bonds is 11. The summed E-state index contributed by atoms with van der Waals surface area (Å²) in [6.45, 7) is 7.21. The van der Waals surface area contributed by atoms with Crippen molar-refractivity contribution in [3.05, 3.63) is 29.8 Å². The zero-order chi connectivity index (χ0) is 21.6. The van der Waals surface area contributed by atoms with Crippen LogP contribution in [0.5, 0.6) is 5.75 Å². The van der Waals surface area contributed by atoms with Gasteiger partial charge in [0.25, 0.3) is 5.91 Å². The largest absolute Gasteiger partial charge is 0.497 e. The number of hydrogen-bond donors (Lipinski definition) is 2. The summed E-state index contributed by atoms with van der Waals surface area (Å²) in [4.78, 5) is 19.2. The Morgan fingerprint density at radius 2 is 1.87 bits per heavy atom. The molecule has 1 aromatic rings. The predicted molar refractivity (Wildman–Crippen MR) is 118 cm³/mol. The SMILES string of the molecule is CCNC(=NCCNC(=O)c1ccc(OC)cc1)N1CCC(OCCCOC)CC1. The number of carbonyl (C=O) groups is 1. The van der Waals surface area contributed by atoms with Gasteiger partial charge in [-0.1, -0.05) is 0 Å². The number of nitrogens with one attached hydrogen (secondary N) is 2. The van der Waals surface area contributed by atoms with Gasteiger partial charge in [0.05, 0.1) is 19.8 Å². The maximum Gasteiger partial charge on any atom is 0.251 e. The van der Waals surface area contributed by atoms with E-state index in [1.165, 1.54) is 0 Å². The van der Waals surface area contributed by atoms with E-state index < -0.39 is 0 Å². The van der Waals surface area contributed by atoms with Crippen molar-refractivity contribution in [2.24, 2.45) is 4.99 Å². The van der Waals surface area contributed by atoms with Crippen molar-refractivity contribution in [1.82, 2.24) is 15.5 Å². The van der Waals surface area contributed by atoms with Crippen molar-refractivity contribution in [2.45, 2.75) is 32.3 Å². The number of hydrogen-bond acceptors (Lipinski definition) is 5. The number of aliphatic imine (C=N–C) groups is 1. The van der Waals surface area contributed by atoms with Crippen LogP contribution in [0.15, 0.2) is 29.3 Å². The van der Waals surface area contributed by atoms with Crippen LogP contribution in [-0.2, 0) is 9.47 Å². The second-order valence-corrected chi connectivity index (χ2v) is 7.12. The fourth-order valence-electron chi connectivity index (χ4n) is 3.29. The Balaban J connectivity index is 1.74. The van der Waals surface area contributed by atoms with Gasteiger partial charge in [-0.15, -0.1) is 0 Å². The molecule has 1 fully saturated rings. The van der Waals surface area contributed by atoms with Crippen molar-refractivity contribution < 1.29 is 19.0 Å². The summed E-state index contributed by atoms with van der Waals surface area (Å²) in [5, 5.41) is 6.27. The van der Waals surface area contributed by atoms with Crippen LogP contribution in [0.2, 0.25) is 0 Å². The number of ether oxygens (including phenoxy) is 3. The third-order valence-electron chi connectivity index (χ3n) is 4.93.